The highest BCUT2D eigenvalue weighted by atomic mass is 16.6. The minimum atomic E-state index is -0.519. The van der Waals surface area contributed by atoms with E-state index in [0.717, 1.165) is 19.3 Å². The molecule has 1 N–H and O–H groups in total. The number of hydrogen-bond acceptors (Lipinski definition) is 4. The van der Waals surface area contributed by atoms with Crippen molar-refractivity contribution < 1.29 is 19.4 Å². The van der Waals surface area contributed by atoms with Crippen LogP contribution in [-0.4, -0.2) is 37.0 Å². The Morgan fingerprint density at radius 2 is 1.03 bits per heavy atom. The van der Waals surface area contributed by atoms with Crippen molar-refractivity contribution in [3.63, 3.8) is 0 Å². The number of aliphatic hydroxyl groups excluding tert-OH is 1. The minimum Gasteiger partial charge on any atom is -0.457 e. The Morgan fingerprint density at radius 1 is 0.625 bits per heavy atom. The average molecular weight is 457 g/mol. The van der Waals surface area contributed by atoms with E-state index in [1.165, 1.54) is 109 Å². The summed E-state index contributed by atoms with van der Waals surface area (Å²) in [6.07, 6.45) is 25.5. The lowest BCUT2D eigenvalue weighted by Crippen LogP contribution is -2.27. The molecule has 0 aliphatic heterocycles. The van der Waals surface area contributed by atoms with E-state index >= 15 is 0 Å². The molecule has 4 nitrogen and oxygen atoms in total. The van der Waals surface area contributed by atoms with E-state index in [1.54, 1.807) is 0 Å². The van der Waals surface area contributed by atoms with Gasteiger partial charge in [-0.1, -0.05) is 129 Å². The number of esters is 1. The first-order chi connectivity index (χ1) is 15.7. The van der Waals surface area contributed by atoms with Gasteiger partial charge in [0.25, 0.3) is 0 Å². The van der Waals surface area contributed by atoms with Gasteiger partial charge < -0.3 is 14.6 Å². The van der Waals surface area contributed by atoms with Crippen LogP contribution in [0.25, 0.3) is 0 Å². The SMILES string of the molecule is CCCCCCCCCCCCCCCC(=O)OC(CO)COCCCCCCCCC. The number of unbranched alkanes of at least 4 members (excludes halogenated alkanes) is 18. The molecule has 0 spiro atoms. The fraction of sp³-hybridized carbons (Fsp3) is 0.964. The molecule has 0 aliphatic carbocycles. The molecule has 0 aromatic rings. The molecule has 0 fully saturated rings. The third-order valence-electron chi connectivity index (χ3n) is 6.18. The Balaban J connectivity index is 3.42. The monoisotopic (exact) mass is 456 g/mol. The average Bonchev–Trinajstić information content (AvgIpc) is 2.80. The smallest absolute Gasteiger partial charge is 0.306 e. The van der Waals surface area contributed by atoms with Gasteiger partial charge >= 0.3 is 5.97 Å². The molecule has 0 saturated heterocycles. The molecule has 0 aliphatic rings. The zero-order chi connectivity index (χ0) is 23.5. The fourth-order valence-electron chi connectivity index (χ4n) is 4.03. The predicted molar refractivity (Wildman–Crippen MR) is 136 cm³/mol. The summed E-state index contributed by atoms with van der Waals surface area (Å²) in [5, 5.41) is 9.42. The van der Waals surface area contributed by atoms with Crippen molar-refractivity contribution in [3.8, 4) is 0 Å². The van der Waals surface area contributed by atoms with E-state index < -0.39 is 6.10 Å². The molecule has 0 aromatic carbocycles. The maximum Gasteiger partial charge on any atom is 0.306 e. The van der Waals surface area contributed by atoms with Crippen LogP contribution in [0.5, 0.6) is 0 Å². The minimum absolute atomic E-state index is 0.165. The van der Waals surface area contributed by atoms with Crippen LogP contribution in [-0.2, 0) is 14.3 Å². The molecule has 0 rings (SSSR count). The van der Waals surface area contributed by atoms with Gasteiger partial charge in [-0.3, -0.25) is 4.79 Å². The summed E-state index contributed by atoms with van der Waals surface area (Å²) in [6.45, 7) is 5.32. The van der Waals surface area contributed by atoms with Crippen LogP contribution in [0.4, 0.5) is 0 Å². The Kier molecular flexibility index (Phi) is 26.1. The third kappa shape index (κ3) is 24.0. The molecule has 0 amide bonds. The second-order valence-electron chi connectivity index (χ2n) is 9.48. The second kappa shape index (κ2) is 26.6. The van der Waals surface area contributed by atoms with E-state index in [0.29, 0.717) is 19.6 Å². The maximum atomic E-state index is 12.0. The summed E-state index contributed by atoms with van der Waals surface area (Å²) in [4.78, 5) is 12.0. The van der Waals surface area contributed by atoms with E-state index in [4.69, 9.17) is 9.47 Å². The first-order valence-electron chi connectivity index (χ1n) is 14.1. The zero-order valence-electron chi connectivity index (χ0n) is 21.7. The molecule has 0 bridgehead atoms. The molecular weight excluding hydrogens is 400 g/mol. The number of ether oxygens (including phenoxy) is 2. The van der Waals surface area contributed by atoms with Crippen LogP contribution in [0.3, 0.4) is 0 Å². The summed E-state index contributed by atoms with van der Waals surface area (Å²) in [6, 6.07) is 0. The summed E-state index contributed by atoms with van der Waals surface area (Å²) in [7, 11) is 0. The van der Waals surface area contributed by atoms with E-state index in [9.17, 15) is 9.90 Å². The molecule has 192 valence electrons. The van der Waals surface area contributed by atoms with E-state index in [2.05, 4.69) is 13.8 Å². The summed E-state index contributed by atoms with van der Waals surface area (Å²) >= 11 is 0. The highest BCUT2D eigenvalue weighted by Crippen LogP contribution is 2.13. The Hall–Kier alpha value is -0.610. The largest absolute Gasteiger partial charge is 0.457 e. The van der Waals surface area contributed by atoms with Gasteiger partial charge in [-0.15, -0.1) is 0 Å². The molecule has 0 aromatic heterocycles. The van der Waals surface area contributed by atoms with Crippen LogP contribution in [0.15, 0.2) is 0 Å². The van der Waals surface area contributed by atoms with Crippen molar-refractivity contribution in [2.75, 3.05) is 19.8 Å². The lowest BCUT2D eigenvalue weighted by Gasteiger charge is -2.15. The van der Waals surface area contributed by atoms with Crippen LogP contribution in [0.2, 0.25) is 0 Å². The van der Waals surface area contributed by atoms with Crippen molar-refractivity contribution in [3.05, 3.63) is 0 Å². The number of carbonyl (C=O) groups is 1. The van der Waals surface area contributed by atoms with Gasteiger partial charge in [-0.05, 0) is 12.8 Å². The van der Waals surface area contributed by atoms with Gasteiger partial charge in [0.05, 0.1) is 13.2 Å². The van der Waals surface area contributed by atoms with E-state index in [1.807, 2.05) is 0 Å². The van der Waals surface area contributed by atoms with Gasteiger partial charge in [-0.25, -0.2) is 0 Å². The molecule has 1 unspecified atom stereocenters. The number of rotatable bonds is 26. The highest BCUT2D eigenvalue weighted by Gasteiger charge is 2.13. The normalized spacial score (nSPS) is 12.2. The molecule has 0 radical (unpaired) electrons. The standard InChI is InChI=1S/C28H56O4/c1-3-5-7-9-11-12-13-14-15-16-17-19-21-23-28(30)32-27(25-29)26-31-24-22-20-18-10-8-6-4-2/h27,29H,3-26H2,1-2H3. The number of carbonyl (C=O) groups excluding carboxylic acids is 1. The van der Waals surface area contributed by atoms with Crippen molar-refractivity contribution in [2.45, 2.75) is 155 Å². The Bertz CT molecular complexity index is 372. The maximum absolute atomic E-state index is 12.0. The quantitative estimate of drug-likeness (QED) is 0.105. The molecule has 32 heavy (non-hydrogen) atoms. The molecular formula is C28H56O4. The first-order valence-corrected chi connectivity index (χ1v) is 14.1. The fourth-order valence-corrected chi connectivity index (χ4v) is 4.03. The summed E-state index contributed by atoms with van der Waals surface area (Å²) in [5.41, 5.74) is 0. The predicted octanol–water partition coefficient (Wildman–Crippen LogP) is 8.14. The molecule has 4 heteroatoms. The molecule has 0 saturated carbocycles. The lowest BCUT2D eigenvalue weighted by molar-refractivity contribution is -0.154. The summed E-state index contributed by atoms with van der Waals surface area (Å²) in [5.74, 6) is -0.202. The van der Waals surface area contributed by atoms with Crippen molar-refractivity contribution >= 4 is 5.97 Å². The summed E-state index contributed by atoms with van der Waals surface area (Å²) < 4.78 is 11.0. The van der Waals surface area contributed by atoms with Crippen molar-refractivity contribution in [1.29, 1.82) is 0 Å². The van der Waals surface area contributed by atoms with Crippen molar-refractivity contribution in [1.82, 2.24) is 0 Å². The zero-order valence-corrected chi connectivity index (χ0v) is 21.7. The van der Waals surface area contributed by atoms with Gasteiger partial charge in [0.1, 0.15) is 6.10 Å². The van der Waals surface area contributed by atoms with Crippen LogP contribution >= 0.6 is 0 Å². The molecule has 0 heterocycles. The second-order valence-corrected chi connectivity index (χ2v) is 9.48. The van der Waals surface area contributed by atoms with Crippen LogP contribution in [0, 0.1) is 0 Å². The van der Waals surface area contributed by atoms with Crippen LogP contribution in [0.1, 0.15) is 149 Å². The Labute approximate surface area is 200 Å². The topological polar surface area (TPSA) is 55.8 Å². The van der Waals surface area contributed by atoms with Gasteiger partial charge in [-0.2, -0.15) is 0 Å². The van der Waals surface area contributed by atoms with Gasteiger partial charge in [0.2, 0.25) is 0 Å². The number of aliphatic hydroxyl groups is 1. The lowest BCUT2D eigenvalue weighted by atomic mass is 10.0. The van der Waals surface area contributed by atoms with Gasteiger partial charge in [0.15, 0.2) is 0 Å². The van der Waals surface area contributed by atoms with E-state index in [-0.39, 0.29) is 12.6 Å². The molecule has 1 atom stereocenters. The van der Waals surface area contributed by atoms with Gasteiger partial charge in [0, 0.05) is 13.0 Å². The van der Waals surface area contributed by atoms with Crippen molar-refractivity contribution in [2.24, 2.45) is 0 Å². The first kappa shape index (κ1) is 31.4. The third-order valence-corrected chi connectivity index (χ3v) is 6.18. The Morgan fingerprint density at radius 3 is 1.47 bits per heavy atom. The van der Waals surface area contributed by atoms with Crippen LogP contribution < -0.4 is 0 Å². The number of hydrogen-bond donors (Lipinski definition) is 1. The highest BCUT2D eigenvalue weighted by molar-refractivity contribution is 5.69.